The minimum absolute atomic E-state index is 0.00920. The van der Waals surface area contributed by atoms with Crippen molar-refractivity contribution in [2.24, 2.45) is 0 Å². The van der Waals surface area contributed by atoms with E-state index < -0.39 is 10.9 Å². The summed E-state index contributed by atoms with van der Waals surface area (Å²) in [5, 5.41) is 11.3. The predicted octanol–water partition coefficient (Wildman–Crippen LogP) is 4.72. The van der Waals surface area contributed by atoms with Crippen LogP contribution in [0.15, 0.2) is 59.7 Å². The highest BCUT2D eigenvalue weighted by atomic mass is 19.1. The van der Waals surface area contributed by atoms with Crippen LogP contribution < -0.4 is 0 Å². The minimum atomic E-state index is -0.420. The molecule has 28 heavy (non-hydrogen) atoms. The van der Waals surface area contributed by atoms with Gasteiger partial charge in [-0.25, -0.2) is 9.18 Å². The number of halogens is 1. The van der Waals surface area contributed by atoms with Crippen molar-refractivity contribution in [2.75, 3.05) is 6.61 Å². The summed E-state index contributed by atoms with van der Waals surface area (Å²) >= 11 is 0. The number of hydrogen-bond donors (Lipinski definition) is 0. The zero-order valence-electron chi connectivity index (χ0n) is 15.3. The summed E-state index contributed by atoms with van der Waals surface area (Å²) in [6, 6.07) is 11.0. The third kappa shape index (κ3) is 3.01. The van der Waals surface area contributed by atoms with E-state index in [0.29, 0.717) is 18.4 Å². The Morgan fingerprint density at radius 1 is 1.21 bits per heavy atom. The van der Waals surface area contributed by atoms with Gasteiger partial charge in [0.05, 0.1) is 17.1 Å². The Bertz CT molecular complexity index is 1040. The number of nitrogens with zero attached hydrogens (tertiary/aromatic N) is 1. The first-order valence-corrected chi connectivity index (χ1v) is 9.15. The normalized spacial score (nSPS) is 17.6. The molecule has 0 spiro atoms. The van der Waals surface area contributed by atoms with E-state index in [1.165, 1.54) is 18.2 Å². The molecule has 6 heteroatoms. The quantitative estimate of drug-likeness (QED) is 0.438. The molecule has 0 aliphatic heterocycles. The lowest BCUT2D eigenvalue weighted by Gasteiger charge is -2.24. The van der Waals surface area contributed by atoms with Crippen LogP contribution in [0.25, 0.3) is 5.57 Å². The summed E-state index contributed by atoms with van der Waals surface area (Å²) in [5.41, 5.74) is 4.86. The van der Waals surface area contributed by atoms with E-state index in [0.717, 1.165) is 27.8 Å². The Hall–Kier alpha value is -3.28. The number of allylic oxidation sites excluding steroid dienone is 2. The molecular weight excluding hydrogens is 361 g/mol. The van der Waals surface area contributed by atoms with E-state index >= 15 is 0 Å². The van der Waals surface area contributed by atoms with E-state index in [9.17, 15) is 19.3 Å². The standard InChI is InChI=1S/C22H18FNO4/c1-2-28-22(25)20-12-19(13-3-7-15(23)8-4-13)21-17(20)10-6-14-5-9-16(24(26)27)11-18(14)21/h3-5,7-9,11-12,19H,2,6,10H2,1H3. The average molecular weight is 379 g/mol. The summed E-state index contributed by atoms with van der Waals surface area (Å²) < 4.78 is 18.6. The minimum Gasteiger partial charge on any atom is -0.462 e. The van der Waals surface area contributed by atoms with Gasteiger partial charge in [-0.15, -0.1) is 0 Å². The molecule has 0 radical (unpaired) electrons. The Kier molecular flexibility index (Phi) is 4.55. The molecule has 0 saturated carbocycles. The van der Waals surface area contributed by atoms with Gasteiger partial charge in [-0.3, -0.25) is 10.1 Å². The van der Waals surface area contributed by atoms with Crippen molar-refractivity contribution in [3.63, 3.8) is 0 Å². The molecule has 0 bridgehead atoms. The van der Waals surface area contributed by atoms with Crippen molar-refractivity contribution in [3.05, 3.63) is 92.3 Å². The third-order valence-electron chi connectivity index (χ3n) is 5.26. The molecule has 2 aliphatic rings. The van der Waals surface area contributed by atoms with Crippen molar-refractivity contribution in [1.29, 1.82) is 0 Å². The molecule has 2 aromatic rings. The van der Waals surface area contributed by atoms with Crippen LogP contribution in [-0.2, 0) is 16.0 Å². The number of aryl methyl sites for hydroxylation is 1. The van der Waals surface area contributed by atoms with Crippen LogP contribution in [-0.4, -0.2) is 17.5 Å². The fourth-order valence-electron chi connectivity index (χ4n) is 4.02. The lowest BCUT2D eigenvalue weighted by atomic mass is 9.80. The highest BCUT2D eigenvalue weighted by Gasteiger charge is 2.36. The molecule has 0 heterocycles. The Labute approximate surface area is 161 Å². The lowest BCUT2D eigenvalue weighted by Crippen LogP contribution is -2.12. The topological polar surface area (TPSA) is 69.4 Å². The first-order valence-electron chi connectivity index (χ1n) is 9.15. The van der Waals surface area contributed by atoms with Gasteiger partial charge in [0.15, 0.2) is 0 Å². The number of nitro groups is 1. The fraction of sp³-hybridized carbons (Fsp3) is 0.227. The smallest absolute Gasteiger partial charge is 0.338 e. The second kappa shape index (κ2) is 7.03. The van der Waals surface area contributed by atoms with Crippen LogP contribution in [0.1, 0.15) is 36.0 Å². The van der Waals surface area contributed by atoms with Crippen molar-refractivity contribution in [3.8, 4) is 0 Å². The first kappa shape index (κ1) is 18.1. The third-order valence-corrected chi connectivity index (χ3v) is 5.26. The molecule has 0 fully saturated rings. The molecule has 1 unspecified atom stereocenters. The number of non-ortho nitro benzene ring substituents is 1. The van der Waals surface area contributed by atoms with E-state index in [1.54, 1.807) is 31.2 Å². The summed E-state index contributed by atoms with van der Waals surface area (Å²) in [5.74, 6) is -1.02. The van der Waals surface area contributed by atoms with Crippen molar-refractivity contribution >= 4 is 17.2 Å². The molecule has 2 aromatic carbocycles. The van der Waals surface area contributed by atoms with Gasteiger partial charge in [0.1, 0.15) is 5.82 Å². The zero-order chi connectivity index (χ0) is 19.8. The van der Waals surface area contributed by atoms with Gasteiger partial charge in [0.2, 0.25) is 0 Å². The number of ether oxygens (including phenoxy) is 1. The van der Waals surface area contributed by atoms with E-state index in [-0.39, 0.29) is 24.0 Å². The number of esters is 1. The van der Waals surface area contributed by atoms with Gasteiger partial charge in [-0.1, -0.05) is 24.3 Å². The Balaban J connectivity index is 1.89. The van der Waals surface area contributed by atoms with Gasteiger partial charge in [-0.2, -0.15) is 0 Å². The Morgan fingerprint density at radius 2 is 1.96 bits per heavy atom. The summed E-state index contributed by atoms with van der Waals surface area (Å²) in [7, 11) is 0. The van der Waals surface area contributed by atoms with Crippen LogP contribution in [0.2, 0.25) is 0 Å². The maximum atomic E-state index is 13.4. The molecule has 0 N–H and O–H groups in total. The number of carbonyl (C=O) groups is 1. The lowest BCUT2D eigenvalue weighted by molar-refractivity contribution is -0.384. The van der Waals surface area contributed by atoms with Crippen LogP contribution in [0.5, 0.6) is 0 Å². The van der Waals surface area contributed by atoms with Gasteiger partial charge in [0.25, 0.3) is 5.69 Å². The molecule has 1 atom stereocenters. The van der Waals surface area contributed by atoms with E-state index in [2.05, 4.69) is 0 Å². The fourth-order valence-corrected chi connectivity index (χ4v) is 4.02. The number of hydrogen-bond acceptors (Lipinski definition) is 4. The largest absolute Gasteiger partial charge is 0.462 e. The number of carbonyl (C=O) groups excluding carboxylic acids is 1. The summed E-state index contributed by atoms with van der Waals surface area (Å²) in [6.45, 7) is 2.02. The molecule has 142 valence electrons. The van der Waals surface area contributed by atoms with Crippen LogP contribution in [0.4, 0.5) is 10.1 Å². The first-order chi connectivity index (χ1) is 13.5. The maximum Gasteiger partial charge on any atom is 0.338 e. The van der Waals surface area contributed by atoms with E-state index in [4.69, 9.17) is 4.74 Å². The molecule has 0 saturated heterocycles. The van der Waals surface area contributed by atoms with Gasteiger partial charge in [-0.05, 0) is 59.7 Å². The van der Waals surface area contributed by atoms with Crippen LogP contribution in [0, 0.1) is 15.9 Å². The van der Waals surface area contributed by atoms with Gasteiger partial charge in [0, 0.05) is 18.1 Å². The second-order valence-electron chi connectivity index (χ2n) is 6.82. The monoisotopic (exact) mass is 379 g/mol. The zero-order valence-corrected chi connectivity index (χ0v) is 15.3. The van der Waals surface area contributed by atoms with Crippen LogP contribution >= 0.6 is 0 Å². The predicted molar refractivity (Wildman–Crippen MR) is 102 cm³/mol. The van der Waals surface area contributed by atoms with Crippen LogP contribution in [0.3, 0.4) is 0 Å². The summed E-state index contributed by atoms with van der Waals surface area (Å²) in [6.07, 6.45) is 3.19. The number of nitro benzene ring substituents is 1. The molecule has 0 aromatic heterocycles. The summed E-state index contributed by atoms with van der Waals surface area (Å²) in [4.78, 5) is 23.4. The highest BCUT2D eigenvalue weighted by Crippen LogP contribution is 2.49. The van der Waals surface area contributed by atoms with Gasteiger partial charge >= 0.3 is 5.97 Å². The van der Waals surface area contributed by atoms with E-state index in [1.807, 2.05) is 6.08 Å². The average Bonchev–Trinajstić information content (AvgIpc) is 3.08. The molecular formula is C22H18FNO4. The highest BCUT2D eigenvalue weighted by molar-refractivity contribution is 6.02. The number of fused-ring (bicyclic) bond motifs is 2. The Morgan fingerprint density at radius 3 is 2.64 bits per heavy atom. The SMILES string of the molecule is CCOC(=O)C1=CC(c2ccc(F)cc2)C2=C1CCc1ccc([N+](=O)[O-])cc12. The van der Waals surface area contributed by atoms with Crippen molar-refractivity contribution < 1.29 is 18.8 Å². The molecule has 4 rings (SSSR count). The number of rotatable bonds is 4. The van der Waals surface area contributed by atoms with Crippen molar-refractivity contribution in [2.45, 2.75) is 25.7 Å². The second-order valence-corrected chi connectivity index (χ2v) is 6.82. The maximum absolute atomic E-state index is 13.4. The number of benzene rings is 2. The van der Waals surface area contributed by atoms with Crippen molar-refractivity contribution in [1.82, 2.24) is 0 Å². The van der Waals surface area contributed by atoms with Gasteiger partial charge < -0.3 is 4.74 Å². The molecule has 0 amide bonds. The molecule has 2 aliphatic carbocycles. The molecule has 5 nitrogen and oxygen atoms in total.